The Balaban J connectivity index is 1.59. The number of methoxy groups -OCH3 is 1. The van der Waals surface area contributed by atoms with Gasteiger partial charge >= 0.3 is 0 Å². The Labute approximate surface area is 164 Å². The van der Waals surface area contributed by atoms with Crippen LogP contribution in [0.4, 0.5) is 4.39 Å². The van der Waals surface area contributed by atoms with Gasteiger partial charge in [0.15, 0.2) is 5.78 Å². The highest BCUT2D eigenvalue weighted by Gasteiger charge is 2.30. The SMILES string of the molecule is COc1ccc(C(=O)CCC(=O)N2CCN(C)C(c3ccccc3F)C2)cc1. The molecule has 28 heavy (non-hydrogen) atoms. The lowest BCUT2D eigenvalue weighted by Crippen LogP contribution is -2.49. The van der Waals surface area contributed by atoms with Crippen molar-refractivity contribution in [1.82, 2.24) is 9.80 Å². The first-order valence-corrected chi connectivity index (χ1v) is 9.39. The number of piperazine rings is 1. The average molecular weight is 384 g/mol. The number of benzene rings is 2. The van der Waals surface area contributed by atoms with Crippen molar-refractivity contribution in [1.29, 1.82) is 0 Å². The molecule has 1 amide bonds. The second kappa shape index (κ2) is 8.97. The highest BCUT2D eigenvalue weighted by Crippen LogP contribution is 2.26. The molecule has 1 heterocycles. The number of hydrogen-bond donors (Lipinski definition) is 0. The van der Waals surface area contributed by atoms with Crippen LogP contribution >= 0.6 is 0 Å². The molecule has 0 aliphatic carbocycles. The Hall–Kier alpha value is -2.73. The molecule has 1 atom stereocenters. The van der Waals surface area contributed by atoms with Gasteiger partial charge in [0.2, 0.25) is 5.91 Å². The summed E-state index contributed by atoms with van der Waals surface area (Å²) in [6.45, 7) is 1.67. The van der Waals surface area contributed by atoms with E-state index in [2.05, 4.69) is 4.90 Å². The van der Waals surface area contributed by atoms with E-state index in [1.54, 1.807) is 54.5 Å². The quantitative estimate of drug-likeness (QED) is 0.717. The molecule has 0 bridgehead atoms. The van der Waals surface area contributed by atoms with E-state index in [-0.39, 0.29) is 36.4 Å². The molecule has 6 heteroatoms. The largest absolute Gasteiger partial charge is 0.497 e. The molecule has 3 rings (SSSR count). The Bertz CT molecular complexity index is 838. The minimum atomic E-state index is -0.261. The summed E-state index contributed by atoms with van der Waals surface area (Å²) >= 11 is 0. The van der Waals surface area contributed by atoms with Crippen LogP contribution in [0.15, 0.2) is 48.5 Å². The van der Waals surface area contributed by atoms with Crippen molar-refractivity contribution in [2.45, 2.75) is 18.9 Å². The molecule has 2 aromatic rings. The second-order valence-corrected chi connectivity index (χ2v) is 7.01. The van der Waals surface area contributed by atoms with E-state index in [9.17, 15) is 14.0 Å². The van der Waals surface area contributed by atoms with Crippen LogP contribution in [0.3, 0.4) is 0 Å². The molecule has 1 aliphatic heterocycles. The van der Waals surface area contributed by atoms with E-state index in [1.165, 1.54) is 6.07 Å². The number of carbonyl (C=O) groups excluding carboxylic acids is 2. The van der Waals surface area contributed by atoms with E-state index in [4.69, 9.17) is 4.74 Å². The Morgan fingerprint density at radius 3 is 2.46 bits per heavy atom. The molecule has 0 N–H and O–H groups in total. The minimum absolute atomic E-state index is 0.0729. The van der Waals surface area contributed by atoms with E-state index in [1.807, 2.05) is 7.05 Å². The van der Waals surface area contributed by atoms with Crippen LogP contribution in [0.1, 0.15) is 34.8 Å². The van der Waals surface area contributed by atoms with Crippen molar-refractivity contribution >= 4 is 11.7 Å². The van der Waals surface area contributed by atoms with Crippen LogP contribution < -0.4 is 4.74 Å². The van der Waals surface area contributed by atoms with E-state index < -0.39 is 0 Å². The lowest BCUT2D eigenvalue weighted by atomic mass is 10.0. The minimum Gasteiger partial charge on any atom is -0.497 e. The van der Waals surface area contributed by atoms with Gasteiger partial charge in [-0.3, -0.25) is 14.5 Å². The smallest absolute Gasteiger partial charge is 0.223 e. The monoisotopic (exact) mass is 384 g/mol. The van der Waals surface area contributed by atoms with E-state index in [0.717, 1.165) is 0 Å². The van der Waals surface area contributed by atoms with Gasteiger partial charge in [-0.25, -0.2) is 4.39 Å². The zero-order valence-corrected chi connectivity index (χ0v) is 16.2. The fraction of sp³-hybridized carbons (Fsp3) is 0.364. The van der Waals surface area contributed by atoms with Crippen molar-refractivity contribution in [3.05, 3.63) is 65.5 Å². The molecule has 5 nitrogen and oxygen atoms in total. The molecule has 1 aliphatic rings. The molecule has 148 valence electrons. The van der Waals surface area contributed by atoms with Crippen LogP contribution in [-0.2, 0) is 4.79 Å². The first-order chi connectivity index (χ1) is 13.5. The van der Waals surface area contributed by atoms with Crippen molar-refractivity contribution in [3.63, 3.8) is 0 Å². The number of rotatable bonds is 6. The number of ketones is 1. The summed E-state index contributed by atoms with van der Waals surface area (Å²) in [6.07, 6.45) is 0.306. The molecular weight excluding hydrogens is 359 g/mol. The van der Waals surface area contributed by atoms with Crippen LogP contribution in [0.5, 0.6) is 5.75 Å². The van der Waals surface area contributed by atoms with Crippen LogP contribution in [0.25, 0.3) is 0 Å². The van der Waals surface area contributed by atoms with Crippen molar-refractivity contribution in [3.8, 4) is 5.75 Å². The molecule has 0 spiro atoms. The lowest BCUT2D eigenvalue weighted by Gasteiger charge is -2.39. The zero-order valence-electron chi connectivity index (χ0n) is 16.2. The van der Waals surface area contributed by atoms with Gasteiger partial charge < -0.3 is 9.64 Å². The summed E-state index contributed by atoms with van der Waals surface area (Å²) in [5.74, 6) is 0.277. The maximum absolute atomic E-state index is 14.2. The normalized spacial score (nSPS) is 17.4. The molecule has 0 saturated carbocycles. The summed E-state index contributed by atoms with van der Waals surface area (Å²) in [6, 6.07) is 13.4. The van der Waals surface area contributed by atoms with Crippen molar-refractivity contribution in [2.24, 2.45) is 0 Å². The summed E-state index contributed by atoms with van der Waals surface area (Å²) in [4.78, 5) is 28.8. The number of Topliss-reactive ketones (excluding diaryl/α,β-unsaturated/α-hetero) is 1. The maximum atomic E-state index is 14.2. The highest BCUT2D eigenvalue weighted by molar-refractivity contribution is 5.98. The lowest BCUT2D eigenvalue weighted by molar-refractivity contribution is -0.134. The van der Waals surface area contributed by atoms with Crippen LogP contribution in [0, 0.1) is 5.82 Å². The van der Waals surface area contributed by atoms with Crippen LogP contribution in [-0.4, -0.2) is 55.3 Å². The number of ether oxygens (including phenoxy) is 1. The Morgan fingerprint density at radius 2 is 1.79 bits per heavy atom. The van der Waals surface area contributed by atoms with Gasteiger partial charge in [0.1, 0.15) is 11.6 Å². The molecule has 1 fully saturated rings. The number of amides is 1. The second-order valence-electron chi connectivity index (χ2n) is 7.01. The third kappa shape index (κ3) is 4.57. The summed E-state index contributed by atoms with van der Waals surface area (Å²) in [7, 11) is 3.51. The van der Waals surface area contributed by atoms with E-state index in [0.29, 0.717) is 36.5 Å². The molecule has 0 aromatic heterocycles. The van der Waals surface area contributed by atoms with Gasteiger partial charge in [-0.15, -0.1) is 0 Å². The molecule has 1 saturated heterocycles. The maximum Gasteiger partial charge on any atom is 0.223 e. The predicted molar refractivity (Wildman–Crippen MR) is 105 cm³/mol. The fourth-order valence-electron chi connectivity index (χ4n) is 3.48. The fourth-order valence-corrected chi connectivity index (χ4v) is 3.48. The third-order valence-electron chi connectivity index (χ3n) is 5.24. The predicted octanol–water partition coefficient (Wildman–Crippen LogP) is 3.31. The van der Waals surface area contributed by atoms with E-state index >= 15 is 0 Å². The van der Waals surface area contributed by atoms with Gasteiger partial charge in [0.05, 0.1) is 13.2 Å². The first kappa shape index (κ1) is 20.0. The number of nitrogens with zero attached hydrogens (tertiary/aromatic N) is 2. The van der Waals surface area contributed by atoms with Gasteiger partial charge in [-0.05, 0) is 37.4 Å². The molecule has 0 radical (unpaired) electrons. The van der Waals surface area contributed by atoms with Gasteiger partial charge in [-0.1, -0.05) is 18.2 Å². The third-order valence-corrected chi connectivity index (χ3v) is 5.24. The average Bonchev–Trinajstić information content (AvgIpc) is 2.72. The summed E-state index contributed by atoms with van der Waals surface area (Å²) in [5.41, 5.74) is 1.16. The molecule has 1 unspecified atom stereocenters. The standard InChI is InChI=1S/C22H25FN2O3/c1-24-13-14-25(15-20(24)18-5-3-4-6-19(18)23)22(27)12-11-21(26)16-7-9-17(28-2)10-8-16/h3-10,20H,11-15H2,1-2H3. The molecular formula is C22H25FN2O3. The van der Waals surface area contributed by atoms with Gasteiger partial charge in [-0.2, -0.15) is 0 Å². The number of likely N-dealkylation sites (N-methyl/N-ethyl adjacent to an activating group) is 1. The zero-order chi connectivity index (χ0) is 20.1. The Kier molecular flexibility index (Phi) is 6.41. The molecule has 2 aromatic carbocycles. The summed E-state index contributed by atoms with van der Waals surface area (Å²) < 4.78 is 19.3. The number of carbonyl (C=O) groups is 2. The highest BCUT2D eigenvalue weighted by atomic mass is 19.1. The van der Waals surface area contributed by atoms with Crippen LogP contribution in [0.2, 0.25) is 0 Å². The van der Waals surface area contributed by atoms with Crippen molar-refractivity contribution < 1.29 is 18.7 Å². The number of halogens is 1. The number of hydrogen-bond acceptors (Lipinski definition) is 4. The topological polar surface area (TPSA) is 49.9 Å². The summed E-state index contributed by atoms with van der Waals surface area (Å²) in [5, 5.41) is 0. The first-order valence-electron chi connectivity index (χ1n) is 9.39. The van der Waals surface area contributed by atoms with Gasteiger partial charge in [0, 0.05) is 43.6 Å². The Morgan fingerprint density at radius 1 is 1.07 bits per heavy atom. The van der Waals surface area contributed by atoms with Crippen molar-refractivity contribution in [2.75, 3.05) is 33.8 Å². The van der Waals surface area contributed by atoms with Gasteiger partial charge in [0.25, 0.3) is 0 Å².